The number of hydrogen-bond acceptors (Lipinski definition) is 18. The van der Waals surface area contributed by atoms with Crippen molar-refractivity contribution in [3.63, 3.8) is 0 Å². The van der Waals surface area contributed by atoms with Crippen molar-refractivity contribution in [1.82, 2.24) is 44.9 Å². The van der Waals surface area contributed by atoms with Crippen molar-refractivity contribution in [3.05, 3.63) is 75.9 Å². The second kappa shape index (κ2) is 38.3. The van der Waals surface area contributed by atoms with Gasteiger partial charge < -0.3 is 69.4 Å². The van der Waals surface area contributed by atoms with Gasteiger partial charge in [-0.1, -0.05) is 49.2 Å². The summed E-state index contributed by atoms with van der Waals surface area (Å²) in [6.45, 7) is 15.8. The Morgan fingerprint density at radius 3 is 1.66 bits per heavy atom. The molecule has 0 unspecified atom stereocenters. The lowest BCUT2D eigenvalue weighted by Gasteiger charge is -2.32. The van der Waals surface area contributed by atoms with Gasteiger partial charge in [-0.25, -0.2) is 9.48 Å². The molecule has 0 saturated carbocycles. The molecule has 1 fully saturated rings. The number of rotatable bonds is 28. The summed E-state index contributed by atoms with van der Waals surface area (Å²) in [6.07, 6.45) is 0.795. The summed E-state index contributed by atoms with van der Waals surface area (Å²) in [7, 11) is 3.32. The Balaban J connectivity index is 0.00000314. The number of halogens is 2. The average molecular weight is 1260 g/mol. The number of fused-ring (bicyclic) bond motifs is 3. The fourth-order valence-electron chi connectivity index (χ4n) is 8.91. The molecule has 6 N–H and O–H groups in total. The van der Waals surface area contributed by atoms with Gasteiger partial charge in [0, 0.05) is 117 Å². The number of amides is 4. The number of hydrogen-bond donors (Lipinski definition) is 6. The predicted octanol–water partition coefficient (Wildman–Crippen LogP) is 4.91. The molecule has 3 heterocycles. The Morgan fingerprint density at radius 2 is 1.17 bits per heavy atom. The number of aliphatic carboxylic acids is 2. The predicted molar refractivity (Wildman–Crippen MR) is 328 cm³/mol. The van der Waals surface area contributed by atoms with E-state index in [-0.39, 0.29) is 83.1 Å². The van der Waals surface area contributed by atoms with Gasteiger partial charge in [0.25, 0.3) is 12.4 Å². The molecule has 2 aliphatic heterocycles. The summed E-state index contributed by atoms with van der Waals surface area (Å²) in [5, 5.41) is 39.8. The van der Waals surface area contributed by atoms with Crippen LogP contribution in [0.5, 0.6) is 11.5 Å². The second-order valence-electron chi connectivity index (χ2n) is 20.5. The number of nitrogens with zero attached hydrogens (tertiary/aromatic N) is 7. The third kappa shape index (κ3) is 24.6. The Kier molecular flexibility index (Phi) is 31.9. The minimum Gasteiger partial charge on any atom is -0.496 e. The highest BCUT2D eigenvalue weighted by Crippen LogP contribution is 2.46. The van der Waals surface area contributed by atoms with Gasteiger partial charge in [0.1, 0.15) is 24.4 Å². The number of carboxylic acids is 2. The zero-order valence-corrected chi connectivity index (χ0v) is 52.2. The van der Waals surface area contributed by atoms with E-state index in [4.69, 9.17) is 66.6 Å². The average Bonchev–Trinajstić information content (AvgIpc) is 1.77. The molecular weight excluding hydrogens is 1180 g/mol. The van der Waals surface area contributed by atoms with E-state index in [1.54, 1.807) is 63.9 Å². The summed E-state index contributed by atoms with van der Waals surface area (Å²) < 4.78 is 36.1. The number of aromatic nitrogens is 2. The number of carbonyl (C=O) groups excluding carboxylic acids is 4. The number of urea groups is 1. The van der Waals surface area contributed by atoms with Gasteiger partial charge in [0.05, 0.1) is 97.5 Å². The number of anilines is 1. The lowest BCUT2D eigenvalue weighted by molar-refractivity contribution is -0.140. The van der Waals surface area contributed by atoms with Crippen LogP contribution in [0.2, 0.25) is 10.0 Å². The Labute approximate surface area is 517 Å². The molecule has 1 saturated heterocycles. The largest absolute Gasteiger partial charge is 0.496 e. The number of carboxylic acid groups (broad SMARTS) is 3. The number of methoxy groups -OCH3 is 1. The van der Waals surface area contributed by atoms with Gasteiger partial charge in [0.15, 0.2) is 5.69 Å². The first kappa shape index (κ1) is 72.5. The van der Waals surface area contributed by atoms with Crippen LogP contribution in [0.25, 0.3) is 28.1 Å². The van der Waals surface area contributed by atoms with Gasteiger partial charge >= 0.3 is 18.0 Å². The fourth-order valence-corrected chi connectivity index (χ4v) is 9.42. The van der Waals surface area contributed by atoms with Crippen LogP contribution in [0, 0.1) is 0 Å². The second-order valence-corrected chi connectivity index (χ2v) is 21.4. The third-order valence-electron chi connectivity index (χ3n) is 13.5. The zero-order valence-electron chi connectivity index (χ0n) is 50.6. The molecular formula is C59H84Cl2N10O16. The van der Waals surface area contributed by atoms with Crippen molar-refractivity contribution >= 4 is 71.4 Å². The minimum atomic E-state index is -0.998. The molecule has 28 heteroatoms. The highest BCUT2D eigenvalue weighted by Gasteiger charge is 2.35. The van der Waals surface area contributed by atoms with E-state index in [1.807, 2.05) is 68.7 Å². The lowest BCUT2D eigenvalue weighted by atomic mass is 9.95. The monoisotopic (exact) mass is 1260 g/mol. The van der Waals surface area contributed by atoms with E-state index in [1.165, 1.54) is 0 Å². The van der Waals surface area contributed by atoms with Crippen LogP contribution >= 0.6 is 23.2 Å². The molecule has 2 aliphatic rings. The molecule has 0 atom stereocenters. The van der Waals surface area contributed by atoms with Gasteiger partial charge in [-0.15, -0.1) is 0 Å². The number of carbonyl (C=O) groups is 7. The minimum absolute atomic E-state index is 0.0704. The zero-order chi connectivity index (χ0) is 63.9. The first-order chi connectivity index (χ1) is 41.7. The fraction of sp³-hybridized carbons (Fsp3) is 0.525. The Morgan fingerprint density at radius 1 is 0.690 bits per heavy atom. The molecule has 4 aromatic rings. The van der Waals surface area contributed by atoms with Crippen molar-refractivity contribution in [2.24, 2.45) is 0 Å². The van der Waals surface area contributed by atoms with Crippen molar-refractivity contribution in [2.45, 2.75) is 46.8 Å². The van der Waals surface area contributed by atoms with Crippen molar-refractivity contribution in [1.29, 1.82) is 0 Å². The van der Waals surface area contributed by atoms with Crippen LogP contribution in [0.1, 0.15) is 50.7 Å². The highest BCUT2D eigenvalue weighted by atomic mass is 35.5. The molecule has 87 heavy (non-hydrogen) atoms. The number of nitrogens with one attached hydrogen (secondary N) is 3. The van der Waals surface area contributed by atoms with Crippen LogP contribution in [0.3, 0.4) is 0 Å². The molecule has 1 aromatic heterocycles. The first-order valence-electron chi connectivity index (χ1n) is 28.5. The molecule has 3 aromatic carbocycles. The van der Waals surface area contributed by atoms with Crippen LogP contribution in [-0.4, -0.2) is 256 Å². The van der Waals surface area contributed by atoms with E-state index >= 15 is 0 Å². The molecule has 0 bridgehead atoms. The maximum atomic E-state index is 14.0. The van der Waals surface area contributed by atoms with Crippen LogP contribution in [0.15, 0.2) is 54.6 Å². The third-order valence-corrected chi connectivity index (χ3v) is 14.0. The molecule has 0 radical (unpaired) electrons. The Hall–Kier alpha value is -6.98. The number of benzene rings is 3. The molecule has 26 nitrogen and oxygen atoms in total. The Bertz CT molecular complexity index is 2820. The van der Waals surface area contributed by atoms with Crippen molar-refractivity contribution in [2.75, 3.05) is 164 Å². The van der Waals surface area contributed by atoms with Gasteiger partial charge in [0.2, 0.25) is 5.91 Å². The first-order valence-corrected chi connectivity index (χ1v) is 29.3. The standard InChI is InChI=1S/C56H76Cl2N10O14.C2H6.CH2O2/c1-56(2,3)63(4)54(75)52-46-38-82-48-34-47(77-5)44(33-45(48)53(46)68(62-52)43-31-40(57)30-41(58)32-43)39-6-8-42(9-7-39)61-55(76)60-11-23-79-25-27-81-29-28-80-26-24-78-22-10-59-49(70)35-65-14-12-64(20-21-69)13-15-66(36-50(71)72)18-19-67(17-16-65)37-51(73)74;1-2;2-1-3/h6-9,21,30-34H,10-20,22-29,35-38H2,1-5H3,(H,59,70)(H,71,72)(H,73,74)(H2,60,61,76);1-2H3;1H,(H,2,3). The molecule has 6 rings (SSSR count). The summed E-state index contributed by atoms with van der Waals surface area (Å²) in [5.74, 6) is -1.38. The molecule has 480 valence electrons. The van der Waals surface area contributed by atoms with E-state index in [0.717, 1.165) is 17.4 Å². The van der Waals surface area contributed by atoms with Crippen molar-refractivity contribution < 1.29 is 77.3 Å². The maximum Gasteiger partial charge on any atom is 0.319 e. The van der Waals surface area contributed by atoms with Gasteiger partial charge in [-0.3, -0.25) is 43.6 Å². The summed E-state index contributed by atoms with van der Waals surface area (Å²) >= 11 is 12.9. The van der Waals surface area contributed by atoms with E-state index < -0.39 is 23.5 Å². The quantitative estimate of drug-likeness (QED) is 0.0325. The molecule has 4 amide bonds. The maximum absolute atomic E-state index is 14.0. The summed E-state index contributed by atoms with van der Waals surface area (Å²) in [4.78, 5) is 91.3. The van der Waals surface area contributed by atoms with Crippen molar-refractivity contribution in [3.8, 4) is 39.6 Å². The number of aldehydes is 1. The van der Waals surface area contributed by atoms with E-state index in [2.05, 4.69) is 16.0 Å². The van der Waals surface area contributed by atoms with E-state index in [0.29, 0.717) is 142 Å². The SMILES string of the molecule is CC.COc1cc2c(cc1-c1ccc(NC(=O)NCCOCCOCCOCCOCCNC(=O)CN3CCN(CC=O)CCN(CC(=O)O)CCN(CC(=O)O)CC3)cc1)-c1c(c(C(=O)N(C)C(C)(C)C)nn1-c1cc(Cl)cc(Cl)c1)CO2.O=CO. The molecule has 0 spiro atoms. The summed E-state index contributed by atoms with van der Waals surface area (Å²) in [6, 6.07) is 15.7. The summed E-state index contributed by atoms with van der Waals surface area (Å²) in [5.41, 5.74) is 4.37. The number of ether oxygens (including phenoxy) is 6. The van der Waals surface area contributed by atoms with Crippen LogP contribution < -0.4 is 25.4 Å². The highest BCUT2D eigenvalue weighted by molar-refractivity contribution is 6.34. The van der Waals surface area contributed by atoms with E-state index in [9.17, 15) is 39.0 Å². The topological polar surface area (TPSA) is 306 Å². The molecule has 0 aliphatic carbocycles. The lowest BCUT2D eigenvalue weighted by Crippen LogP contribution is -2.49. The smallest absolute Gasteiger partial charge is 0.319 e. The van der Waals surface area contributed by atoms with Gasteiger partial charge in [-0.05, 0) is 62.7 Å². The van der Waals surface area contributed by atoms with Gasteiger partial charge in [-0.2, -0.15) is 5.10 Å². The normalized spacial score (nSPS) is 14.1. The van der Waals surface area contributed by atoms with Crippen LogP contribution in [-0.2, 0) is 49.5 Å². The van der Waals surface area contributed by atoms with Crippen LogP contribution in [0.4, 0.5) is 10.5 Å².